The van der Waals surface area contributed by atoms with Crippen LogP contribution >= 0.6 is 0 Å². The zero-order valence-electron chi connectivity index (χ0n) is 14.1. The standard InChI is InChI=1S/C18H21N3O4/c1-12-19-17(21-25-12)18(10-4-5-11-18)20-15(22)9-8-13-6-2-3-7-14(13)16(23)24/h2-3,6-7H,4-5,8-11H2,1H3,(H,20,22)(H,23,24). The van der Waals surface area contributed by atoms with E-state index in [0.29, 0.717) is 23.7 Å². The van der Waals surface area contributed by atoms with Gasteiger partial charge in [-0.1, -0.05) is 36.2 Å². The van der Waals surface area contributed by atoms with Crippen molar-refractivity contribution in [1.29, 1.82) is 0 Å². The number of amides is 1. The molecule has 1 fully saturated rings. The molecule has 1 aromatic carbocycles. The number of carbonyl (C=O) groups is 2. The largest absolute Gasteiger partial charge is 0.478 e. The van der Waals surface area contributed by atoms with Crippen molar-refractivity contribution in [2.75, 3.05) is 0 Å². The van der Waals surface area contributed by atoms with E-state index in [4.69, 9.17) is 4.52 Å². The van der Waals surface area contributed by atoms with E-state index in [9.17, 15) is 14.7 Å². The van der Waals surface area contributed by atoms with Gasteiger partial charge in [0.2, 0.25) is 11.8 Å². The van der Waals surface area contributed by atoms with Gasteiger partial charge in [-0.05, 0) is 30.9 Å². The summed E-state index contributed by atoms with van der Waals surface area (Å²) in [6.07, 6.45) is 4.14. The zero-order chi connectivity index (χ0) is 17.9. The summed E-state index contributed by atoms with van der Waals surface area (Å²) in [4.78, 5) is 28.1. The number of carbonyl (C=O) groups excluding carboxylic acids is 1. The fourth-order valence-corrected chi connectivity index (χ4v) is 3.40. The number of aromatic carboxylic acids is 1. The molecule has 1 saturated carbocycles. The number of nitrogens with one attached hydrogen (secondary N) is 1. The van der Waals surface area contributed by atoms with Crippen molar-refractivity contribution in [2.45, 2.75) is 51.0 Å². The lowest BCUT2D eigenvalue weighted by molar-refractivity contribution is -0.123. The lowest BCUT2D eigenvalue weighted by Gasteiger charge is -2.26. The normalized spacial score (nSPS) is 15.9. The van der Waals surface area contributed by atoms with Crippen LogP contribution in [0.5, 0.6) is 0 Å². The molecule has 1 amide bonds. The zero-order valence-corrected chi connectivity index (χ0v) is 14.1. The van der Waals surface area contributed by atoms with Gasteiger partial charge in [0.15, 0.2) is 5.82 Å². The average molecular weight is 343 g/mol. The van der Waals surface area contributed by atoms with E-state index in [-0.39, 0.29) is 17.9 Å². The number of carboxylic acid groups (broad SMARTS) is 1. The molecule has 7 heteroatoms. The van der Waals surface area contributed by atoms with Crippen LogP contribution in [0, 0.1) is 6.92 Å². The molecule has 7 nitrogen and oxygen atoms in total. The minimum Gasteiger partial charge on any atom is -0.478 e. The second-order valence-electron chi connectivity index (χ2n) is 6.44. The maximum atomic E-state index is 12.5. The van der Waals surface area contributed by atoms with Gasteiger partial charge in [0.05, 0.1) is 5.56 Å². The number of benzene rings is 1. The first-order valence-corrected chi connectivity index (χ1v) is 8.43. The lowest BCUT2D eigenvalue weighted by atomic mass is 9.95. The summed E-state index contributed by atoms with van der Waals surface area (Å²) >= 11 is 0. The van der Waals surface area contributed by atoms with Gasteiger partial charge in [-0.2, -0.15) is 4.98 Å². The quantitative estimate of drug-likeness (QED) is 0.835. The molecule has 0 atom stereocenters. The highest BCUT2D eigenvalue weighted by Crippen LogP contribution is 2.37. The molecule has 0 radical (unpaired) electrons. The number of hydrogen-bond acceptors (Lipinski definition) is 5. The first-order valence-electron chi connectivity index (χ1n) is 8.43. The van der Waals surface area contributed by atoms with Gasteiger partial charge >= 0.3 is 5.97 Å². The summed E-state index contributed by atoms with van der Waals surface area (Å²) in [6, 6.07) is 6.75. The Labute approximate surface area is 145 Å². The molecule has 132 valence electrons. The first-order chi connectivity index (χ1) is 12.0. The Morgan fingerprint density at radius 2 is 2.00 bits per heavy atom. The van der Waals surface area contributed by atoms with Crippen molar-refractivity contribution in [3.05, 3.63) is 47.1 Å². The number of nitrogens with zero attached hydrogens (tertiary/aromatic N) is 2. The van der Waals surface area contributed by atoms with Crippen LogP contribution in [0.15, 0.2) is 28.8 Å². The molecule has 0 bridgehead atoms. The summed E-state index contributed by atoms with van der Waals surface area (Å²) in [5.41, 5.74) is 0.321. The smallest absolute Gasteiger partial charge is 0.335 e. The van der Waals surface area contributed by atoms with Crippen LogP contribution in [-0.2, 0) is 16.8 Å². The van der Waals surface area contributed by atoms with E-state index in [0.717, 1.165) is 25.7 Å². The Hall–Kier alpha value is -2.70. The molecule has 1 aromatic heterocycles. The first kappa shape index (κ1) is 17.1. The Morgan fingerprint density at radius 1 is 1.28 bits per heavy atom. The number of carboxylic acids is 1. The minimum absolute atomic E-state index is 0.135. The maximum absolute atomic E-state index is 12.5. The Morgan fingerprint density at radius 3 is 2.64 bits per heavy atom. The molecule has 1 aliphatic carbocycles. The van der Waals surface area contributed by atoms with Crippen LogP contribution in [0.25, 0.3) is 0 Å². The van der Waals surface area contributed by atoms with Gasteiger partial charge in [0.25, 0.3) is 0 Å². The molecule has 1 aliphatic rings. The van der Waals surface area contributed by atoms with Gasteiger partial charge in [-0.3, -0.25) is 4.79 Å². The summed E-state index contributed by atoms with van der Waals surface area (Å²) in [5.74, 6) is -0.109. The molecular weight excluding hydrogens is 322 g/mol. The number of aryl methyl sites for hydroxylation is 2. The number of aromatic nitrogens is 2. The van der Waals surface area contributed by atoms with Gasteiger partial charge in [0.1, 0.15) is 5.54 Å². The van der Waals surface area contributed by atoms with E-state index in [1.807, 2.05) is 0 Å². The minimum atomic E-state index is -0.981. The van der Waals surface area contributed by atoms with Crippen LogP contribution in [-0.4, -0.2) is 27.1 Å². The van der Waals surface area contributed by atoms with E-state index in [1.165, 1.54) is 0 Å². The monoisotopic (exact) mass is 343 g/mol. The Balaban J connectivity index is 1.68. The van der Waals surface area contributed by atoms with Crippen LogP contribution in [0.1, 0.15) is 59.7 Å². The van der Waals surface area contributed by atoms with Crippen molar-refractivity contribution >= 4 is 11.9 Å². The third kappa shape index (κ3) is 3.70. The Bertz CT molecular complexity index is 778. The number of hydrogen-bond donors (Lipinski definition) is 2. The molecule has 0 saturated heterocycles. The van der Waals surface area contributed by atoms with E-state index >= 15 is 0 Å². The molecule has 1 heterocycles. The predicted octanol–water partition coefficient (Wildman–Crippen LogP) is 2.59. The van der Waals surface area contributed by atoms with Crippen LogP contribution in [0.4, 0.5) is 0 Å². The maximum Gasteiger partial charge on any atom is 0.335 e. The van der Waals surface area contributed by atoms with Crippen LogP contribution in [0.2, 0.25) is 0 Å². The predicted molar refractivity (Wildman–Crippen MR) is 89.0 cm³/mol. The second kappa shape index (κ2) is 7.04. The summed E-state index contributed by atoms with van der Waals surface area (Å²) < 4.78 is 5.08. The van der Waals surface area contributed by atoms with Gasteiger partial charge < -0.3 is 14.9 Å². The highest BCUT2D eigenvalue weighted by atomic mass is 16.5. The molecule has 2 N–H and O–H groups in total. The van der Waals surface area contributed by atoms with Crippen molar-refractivity contribution in [3.63, 3.8) is 0 Å². The summed E-state index contributed by atoms with van der Waals surface area (Å²) in [7, 11) is 0. The SMILES string of the molecule is Cc1nc(C2(NC(=O)CCc3ccccc3C(=O)O)CCCC2)no1. The van der Waals surface area contributed by atoms with Crippen LogP contribution < -0.4 is 5.32 Å². The third-order valence-electron chi connectivity index (χ3n) is 4.66. The van der Waals surface area contributed by atoms with Crippen molar-refractivity contribution in [1.82, 2.24) is 15.5 Å². The fourth-order valence-electron chi connectivity index (χ4n) is 3.40. The third-order valence-corrected chi connectivity index (χ3v) is 4.66. The molecular formula is C18H21N3O4. The van der Waals surface area contributed by atoms with Gasteiger partial charge in [-0.15, -0.1) is 0 Å². The highest BCUT2D eigenvalue weighted by Gasteiger charge is 2.41. The number of rotatable bonds is 6. The van der Waals surface area contributed by atoms with Gasteiger partial charge in [-0.25, -0.2) is 4.79 Å². The second-order valence-corrected chi connectivity index (χ2v) is 6.44. The van der Waals surface area contributed by atoms with E-state index in [1.54, 1.807) is 31.2 Å². The van der Waals surface area contributed by atoms with Crippen molar-refractivity contribution in [2.24, 2.45) is 0 Å². The Kier molecular flexibility index (Phi) is 4.83. The van der Waals surface area contributed by atoms with E-state index < -0.39 is 11.5 Å². The van der Waals surface area contributed by atoms with Crippen LogP contribution in [0.3, 0.4) is 0 Å². The molecule has 0 unspecified atom stereocenters. The summed E-state index contributed by atoms with van der Waals surface area (Å²) in [6.45, 7) is 1.73. The molecule has 0 spiro atoms. The molecule has 3 rings (SSSR count). The average Bonchev–Trinajstić information content (AvgIpc) is 3.23. The molecule has 25 heavy (non-hydrogen) atoms. The lowest BCUT2D eigenvalue weighted by Crippen LogP contribution is -2.44. The fraction of sp³-hybridized carbons (Fsp3) is 0.444. The topological polar surface area (TPSA) is 105 Å². The summed E-state index contributed by atoms with van der Waals surface area (Å²) in [5, 5.41) is 16.3. The van der Waals surface area contributed by atoms with E-state index in [2.05, 4.69) is 15.5 Å². The molecule has 0 aliphatic heterocycles. The van der Waals surface area contributed by atoms with Crippen molar-refractivity contribution < 1.29 is 19.2 Å². The molecule has 2 aromatic rings. The van der Waals surface area contributed by atoms with Gasteiger partial charge in [0, 0.05) is 13.3 Å². The highest BCUT2D eigenvalue weighted by molar-refractivity contribution is 5.89. The van der Waals surface area contributed by atoms with Crippen molar-refractivity contribution in [3.8, 4) is 0 Å².